The van der Waals surface area contributed by atoms with Crippen LogP contribution in [0, 0.1) is 30.1 Å². The van der Waals surface area contributed by atoms with Gasteiger partial charge >= 0.3 is 70.3 Å². The monoisotopic (exact) mass is 778 g/mol. The number of alkyl carbamates (subject to hydrolysis) is 1. The van der Waals surface area contributed by atoms with Crippen LogP contribution >= 0.6 is 0 Å². The molecule has 4 aliphatic heterocycles. The second-order valence-corrected chi connectivity index (χ2v) is 15.3. The van der Waals surface area contributed by atoms with E-state index in [1.54, 1.807) is 14.0 Å². The number of amides is 1. The Labute approximate surface area is 348 Å². The van der Waals surface area contributed by atoms with E-state index in [9.17, 15) is 14.4 Å². The summed E-state index contributed by atoms with van der Waals surface area (Å²) in [5, 5.41) is 3.04. The summed E-state index contributed by atoms with van der Waals surface area (Å²) in [6.45, 7) is 17.2. The van der Waals surface area contributed by atoms with Gasteiger partial charge in [-0.25, -0.2) is 22.9 Å². The van der Waals surface area contributed by atoms with Gasteiger partial charge < -0.3 is 43.4 Å². The average molecular weight is 779 g/mol. The first-order valence-corrected chi connectivity index (χ1v) is 18.0. The molecule has 13 heteroatoms. The van der Waals surface area contributed by atoms with Crippen molar-refractivity contribution in [3.8, 4) is 0 Å². The van der Waals surface area contributed by atoms with Gasteiger partial charge in [0.25, 0.3) is 0 Å². The molecule has 4 saturated heterocycles. The number of carbonyl (C=O) groups excluding carboxylic acids is 3. The molecule has 0 unspecified atom stereocenters. The second-order valence-electron chi connectivity index (χ2n) is 15.3. The summed E-state index contributed by atoms with van der Waals surface area (Å²) in [6.07, 6.45) is 1.63. The van der Waals surface area contributed by atoms with Crippen molar-refractivity contribution in [3.05, 3.63) is 18.1 Å². The van der Waals surface area contributed by atoms with Gasteiger partial charge in [-0.15, -0.1) is 6.92 Å². The minimum atomic E-state index is -1.14. The Morgan fingerprint density at radius 3 is 2.34 bits per heavy atom. The zero-order valence-corrected chi connectivity index (χ0v) is 37.6. The maximum Gasteiger partial charge on any atom is 1.00 e. The molecule has 0 saturated carbocycles. The van der Waals surface area contributed by atoms with Crippen LogP contribution in [-0.4, -0.2) is 117 Å². The number of hydrogen-bond acceptors (Lipinski definition) is 11. The summed E-state index contributed by atoms with van der Waals surface area (Å²) < 4.78 is 44.7. The first-order valence-electron chi connectivity index (χ1n) is 18.0. The summed E-state index contributed by atoms with van der Waals surface area (Å²) in [5.74, 6) is -2.34. The molecule has 4 fully saturated rings. The molecule has 0 aromatic rings. The van der Waals surface area contributed by atoms with Crippen molar-refractivity contribution >= 4 is 17.8 Å². The molecule has 0 spiro atoms. The van der Waals surface area contributed by atoms with Gasteiger partial charge in [-0.3, -0.25) is 9.59 Å². The summed E-state index contributed by atoms with van der Waals surface area (Å²) in [4.78, 5) is 42.3. The van der Waals surface area contributed by atoms with Gasteiger partial charge in [-0.1, -0.05) is 39.5 Å². The smallest absolute Gasteiger partial charge is 0.458 e. The second kappa shape index (κ2) is 18.3. The molecule has 280 valence electrons. The maximum atomic E-state index is 14.1. The van der Waals surface area contributed by atoms with E-state index in [-0.39, 0.29) is 101 Å². The molecule has 12 nitrogen and oxygen atoms in total. The van der Waals surface area contributed by atoms with Gasteiger partial charge in [0, 0.05) is 19.1 Å². The van der Waals surface area contributed by atoms with Gasteiger partial charge in [0.15, 0.2) is 17.7 Å². The average Bonchev–Trinajstić information content (AvgIpc) is 3.37. The van der Waals surface area contributed by atoms with E-state index < -0.39 is 71.8 Å². The van der Waals surface area contributed by atoms with Crippen LogP contribution in [0.5, 0.6) is 0 Å². The SMILES string of the molecule is C[CH-]/C=C1\[C@H](C)C[C@@]2(C)OCC(=O)CO[C@@H]([C@H](C)[C@H]2O[C@@H]2O[C@H](C)C[C@H](N(C)C)[C@H]2OC)[C@@H](C)C(=O)O[C@H](CC)[C@@]2(C)OC(=O)N[C@@H]2[C@H]1C.[Rb+]. The third-order valence-electron chi connectivity index (χ3n) is 11.4. The van der Waals surface area contributed by atoms with Crippen molar-refractivity contribution in [1.82, 2.24) is 10.2 Å². The quantitative estimate of drug-likeness (QED) is 0.311. The van der Waals surface area contributed by atoms with Crippen molar-refractivity contribution < 1.29 is 106 Å². The van der Waals surface area contributed by atoms with Gasteiger partial charge in [0.05, 0.1) is 35.9 Å². The Hall–Kier alpha value is -0.415. The van der Waals surface area contributed by atoms with E-state index in [2.05, 4.69) is 30.1 Å². The van der Waals surface area contributed by atoms with Crippen molar-refractivity contribution in [2.45, 2.75) is 142 Å². The fourth-order valence-electron chi connectivity index (χ4n) is 8.84. The van der Waals surface area contributed by atoms with Crippen LogP contribution < -0.4 is 63.5 Å². The fourth-order valence-corrected chi connectivity index (χ4v) is 8.84. The van der Waals surface area contributed by atoms with Crippen LogP contribution in [-0.2, 0) is 42.7 Å². The molecular formula is C37H61N2O10Rb. The number of nitrogens with one attached hydrogen (secondary N) is 1. The van der Waals surface area contributed by atoms with E-state index >= 15 is 0 Å². The molecule has 0 aromatic heterocycles. The number of esters is 1. The van der Waals surface area contributed by atoms with Crippen LogP contribution in [0.2, 0.25) is 0 Å². The topological polar surface area (TPSA) is 131 Å². The van der Waals surface area contributed by atoms with Gasteiger partial charge in [0.1, 0.15) is 25.4 Å². The molecule has 1 N–H and O–H groups in total. The van der Waals surface area contributed by atoms with Crippen LogP contribution in [0.25, 0.3) is 0 Å². The zero-order chi connectivity index (χ0) is 36.4. The Morgan fingerprint density at radius 2 is 1.74 bits per heavy atom. The molecule has 2 bridgehead atoms. The molecule has 50 heavy (non-hydrogen) atoms. The van der Waals surface area contributed by atoms with Gasteiger partial charge in [0.2, 0.25) is 0 Å². The zero-order valence-electron chi connectivity index (χ0n) is 32.6. The van der Waals surface area contributed by atoms with Crippen LogP contribution in [0.3, 0.4) is 0 Å². The molecular weight excluding hydrogens is 718 g/mol. The number of likely N-dealkylation sites (N-methyl/N-ethyl adjacent to an activating group) is 1. The number of fused-ring (bicyclic) bond motifs is 4. The number of rotatable bonds is 6. The van der Waals surface area contributed by atoms with Crippen molar-refractivity contribution in [1.29, 1.82) is 0 Å². The molecule has 1 amide bonds. The number of nitrogens with zero attached hydrogens (tertiary/aromatic N) is 1. The Balaban J connectivity index is 0.00000676. The normalized spacial score (nSPS) is 44.1. The Kier molecular flexibility index (Phi) is 16.1. The Bertz CT molecular complexity index is 1220. The third-order valence-corrected chi connectivity index (χ3v) is 11.4. The van der Waals surface area contributed by atoms with Crippen LogP contribution in [0.15, 0.2) is 11.6 Å². The fraction of sp³-hybridized carbons (Fsp3) is 0.838. The number of Topliss-reactive ketones (excluding diaryl/α,β-unsaturated/α-hetero) is 1. The molecule has 4 heterocycles. The van der Waals surface area contributed by atoms with E-state index in [1.165, 1.54) is 0 Å². The number of cyclic esters (lactones) is 1. The molecule has 0 aromatic carbocycles. The van der Waals surface area contributed by atoms with Gasteiger partial charge in [-0.05, 0) is 61.1 Å². The number of ether oxygens (including phenoxy) is 7. The van der Waals surface area contributed by atoms with E-state index in [1.807, 2.05) is 62.1 Å². The van der Waals surface area contributed by atoms with Crippen molar-refractivity contribution in [3.63, 3.8) is 0 Å². The first kappa shape index (κ1) is 44.0. The number of methoxy groups -OCH3 is 1. The Morgan fingerprint density at radius 1 is 1.06 bits per heavy atom. The minimum Gasteiger partial charge on any atom is -0.458 e. The van der Waals surface area contributed by atoms with E-state index in [0.29, 0.717) is 12.8 Å². The standard InChI is InChI=1S/C37H61N2O10.Rb/c1-13-15-26-20(3)17-36(8)32(48-34-30(43-12)27(39(10)11)16-21(4)46-34)23(6)29(44-18-25(40)19-45-36)24(7)33(41)47-28(14-2)37(9)31(22(26)5)38-35(42)49-37;/h13,15,20-24,27-32,34H,14,16-19H2,1-12H3,(H,38,42);/q-1;+1/b26-15+;/t20-,21-,22+,23+,24-,27+,28-,29+,30-,31-,32-,34+,36-,37-;/m1./s1. The van der Waals surface area contributed by atoms with Gasteiger partial charge in [-0.2, -0.15) is 0 Å². The number of ketones is 1. The maximum absolute atomic E-state index is 14.1. The van der Waals surface area contributed by atoms with Crippen LogP contribution in [0.4, 0.5) is 4.79 Å². The predicted octanol–water partition coefficient (Wildman–Crippen LogP) is 1.49. The summed E-state index contributed by atoms with van der Waals surface area (Å²) in [5.41, 5.74) is -1.14. The number of carbonyl (C=O) groups is 3. The molecule has 0 aliphatic carbocycles. The minimum absolute atomic E-state index is 0. The van der Waals surface area contributed by atoms with Crippen LogP contribution in [0.1, 0.15) is 81.6 Å². The summed E-state index contributed by atoms with van der Waals surface area (Å²) in [7, 11) is 5.69. The van der Waals surface area contributed by atoms with Crippen molar-refractivity contribution in [2.75, 3.05) is 34.4 Å². The third kappa shape index (κ3) is 9.26. The number of hydrogen-bond donors (Lipinski definition) is 1. The summed E-state index contributed by atoms with van der Waals surface area (Å²) in [6, 6.07) is -0.467. The largest absolute Gasteiger partial charge is 1.00 e. The molecule has 14 atom stereocenters. The van der Waals surface area contributed by atoms with E-state index in [0.717, 1.165) is 12.0 Å². The predicted molar refractivity (Wildman–Crippen MR) is 183 cm³/mol. The van der Waals surface area contributed by atoms with E-state index in [4.69, 9.17) is 33.2 Å². The first-order chi connectivity index (χ1) is 23.0. The number of allylic oxidation sites excluding steroid dienone is 1. The van der Waals surface area contributed by atoms with Crippen molar-refractivity contribution in [2.24, 2.45) is 23.7 Å². The molecule has 4 aliphatic rings. The summed E-state index contributed by atoms with van der Waals surface area (Å²) >= 11 is 0. The molecule has 4 rings (SSSR count). The molecule has 0 radical (unpaired) electrons.